The second-order valence-electron chi connectivity index (χ2n) is 9.96. The molecule has 8 nitrogen and oxygen atoms in total. The molecular formula is C25H38N4O4S. The van der Waals surface area contributed by atoms with E-state index in [1.54, 1.807) is 21.3 Å². The van der Waals surface area contributed by atoms with Gasteiger partial charge in [0.15, 0.2) is 0 Å². The van der Waals surface area contributed by atoms with E-state index in [2.05, 4.69) is 4.90 Å². The maximum atomic E-state index is 13.7. The normalized spacial score (nSPS) is 20.6. The molecule has 1 aromatic carbocycles. The molecular weight excluding hydrogens is 452 g/mol. The highest BCUT2D eigenvalue weighted by Crippen LogP contribution is 2.30. The minimum absolute atomic E-state index is 0.0652. The molecule has 2 amide bonds. The van der Waals surface area contributed by atoms with Crippen LogP contribution < -0.4 is 4.90 Å². The van der Waals surface area contributed by atoms with Crippen LogP contribution in [0.1, 0.15) is 62.7 Å². The molecule has 0 bridgehead atoms. The number of rotatable bonds is 5. The van der Waals surface area contributed by atoms with Gasteiger partial charge in [0, 0.05) is 64.0 Å². The number of amides is 2. The number of nitrogens with zero attached hydrogens (tertiary/aromatic N) is 4. The summed E-state index contributed by atoms with van der Waals surface area (Å²) in [7, 11) is -3.63. The topological polar surface area (TPSA) is 81.2 Å². The van der Waals surface area contributed by atoms with Gasteiger partial charge in [-0.05, 0) is 50.3 Å². The first kappa shape index (κ1) is 25.0. The molecule has 3 aliphatic heterocycles. The van der Waals surface area contributed by atoms with Crippen LogP contribution in [0.15, 0.2) is 23.1 Å². The van der Waals surface area contributed by atoms with Crippen LogP contribution in [0.2, 0.25) is 0 Å². The number of piperidine rings is 2. The molecule has 3 heterocycles. The Labute approximate surface area is 203 Å². The molecule has 0 aliphatic carbocycles. The summed E-state index contributed by atoms with van der Waals surface area (Å²) in [5.41, 5.74) is 1.28. The second-order valence-corrected chi connectivity index (χ2v) is 11.9. The Morgan fingerprint density at radius 2 is 1.32 bits per heavy atom. The second kappa shape index (κ2) is 10.6. The van der Waals surface area contributed by atoms with Gasteiger partial charge in [-0.3, -0.25) is 9.59 Å². The SMILES string of the molecule is CC(C)C(=O)N1CCN(C(=O)c2cc(S(=O)(=O)N3CCCCC3)ccc2N2CCCCC2)CC1. The minimum Gasteiger partial charge on any atom is -0.371 e. The van der Waals surface area contributed by atoms with E-state index in [0.717, 1.165) is 50.9 Å². The van der Waals surface area contributed by atoms with E-state index in [9.17, 15) is 18.0 Å². The Morgan fingerprint density at radius 1 is 0.765 bits per heavy atom. The molecule has 3 aliphatic rings. The monoisotopic (exact) mass is 490 g/mol. The molecule has 9 heteroatoms. The lowest BCUT2D eigenvalue weighted by Crippen LogP contribution is -2.51. The van der Waals surface area contributed by atoms with Crippen molar-refractivity contribution < 1.29 is 18.0 Å². The zero-order valence-electron chi connectivity index (χ0n) is 20.5. The van der Waals surface area contributed by atoms with E-state index in [0.29, 0.717) is 44.8 Å². The molecule has 0 radical (unpaired) electrons. The number of piperazine rings is 1. The zero-order chi connectivity index (χ0) is 24.3. The van der Waals surface area contributed by atoms with Crippen molar-refractivity contribution in [2.24, 2.45) is 5.92 Å². The van der Waals surface area contributed by atoms with Crippen molar-refractivity contribution in [3.05, 3.63) is 23.8 Å². The van der Waals surface area contributed by atoms with Gasteiger partial charge >= 0.3 is 0 Å². The summed E-state index contributed by atoms with van der Waals surface area (Å²) >= 11 is 0. The molecule has 188 valence electrons. The van der Waals surface area contributed by atoms with E-state index in [1.807, 2.05) is 24.8 Å². The molecule has 0 unspecified atom stereocenters. The van der Waals surface area contributed by atoms with Gasteiger partial charge in [0.1, 0.15) is 0 Å². The van der Waals surface area contributed by atoms with Gasteiger partial charge in [0.25, 0.3) is 5.91 Å². The highest BCUT2D eigenvalue weighted by Gasteiger charge is 2.31. The van der Waals surface area contributed by atoms with Gasteiger partial charge in [0.2, 0.25) is 15.9 Å². The predicted octanol–water partition coefficient (Wildman–Crippen LogP) is 2.79. The van der Waals surface area contributed by atoms with Gasteiger partial charge in [-0.25, -0.2) is 8.42 Å². The predicted molar refractivity (Wildman–Crippen MR) is 132 cm³/mol. The number of carbonyl (C=O) groups is 2. The first-order valence-electron chi connectivity index (χ1n) is 12.8. The maximum absolute atomic E-state index is 13.7. The van der Waals surface area contributed by atoms with Crippen molar-refractivity contribution in [3.8, 4) is 0 Å². The highest BCUT2D eigenvalue weighted by atomic mass is 32.2. The van der Waals surface area contributed by atoms with Crippen molar-refractivity contribution in [1.29, 1.82) is 0 Å². The number of carbonyl (C=O) groups excluding carboxylic acids is 2. The fraction of sp³-hybridized carbons (Fsp3) is 0.680. The van der Waals surface area contributed by atoms with Crippen LogP contribution in [-0.4, -0.2) is 86.7 Å². The Hall–Kier alpha value is -2.13. The average molecular weight is 491 g/mol. The fourth-order valence-electron chi connectivity index (χ4n) is 5.18. The Morgan fingerprint density at radius 3 is 1.91 bits per heavy atom. The molecule has 4 rings (SSSR count). The Bertz CT molecular complexity index is 990. The summed E-state index contributed by atoms with van der Waals surface area (Å²) in [4.78, 5) is 32.1. The van der Waals surface area contributed by atoms with Crippen LogP contribution in [-0.2, 0) is 14.8 Å². The summed E-state index contributed by atoms with van der Waals surface area (Å²) in [5.74, 6) is -0.103. The van der Waals surface area contributed by atoms with E-state index in [4.69, 9.17) is 0 Å². The number of hydrogen-bond donors (Lipinski definition) is 0. The molecule has 3 saturated heterocycles. The lowest BCUT2D eigenvalue weighted by atomic mass is 10.1. The Balaban J connectivity index is 1.61. The van der Waals surface area contributed by atoms with Crippen molar-refractivity contribution in [2.45, 2.75) is 57.3 Å². The van der Waals surface area contributed by atoms with E-state index < -0.39 is 10.0 Å². The van der Waals surface area contributed by atoms with Gasteiger partial charge in [-0.1, -0.05) is 20.3 Å². The van der Waals surface area contributed by atoms with Gasteiger partial charge in [-0.2, -0.15) is 4.31 Å². The lowest BCUT2D eigenvalue weighted by molar-refractivity contribution is -0.135. The van der Waals surface area contributed by atoms with Gasteiger partial charge in [-0.15, -0.1) is 0 Å². The quantitative estimate of drug-likeness (QED) is 0.634. The zero-order valence-corrected chi connectivity index (χ0v) is 21.4. The molecule has 34 heavy (non-hydrogen) atoms. The molecule has 0 saturated carbocycles. The molecule has 0 spiro atoms. The summed E-state index contributed by atoms with van der Waals surface area (Å²) < 4.78 is 28.3. The third-order valence-corrected chi connectivity index (χ3v) is 9.12. The molecule has 1 aromatic rings. The third-order valence-electron chi connectivity index (χ3n) is 7.22. The molecule has 0 aromatic heterocycles. The van der Waals surface area contributed by atoms with Crippen molar-refractivity contribution in [2.75, 3.05) is 57.3 Å². The average Bonchev–Trinajstić information content (AvgIpc) is 2.88. The van der Waals surface area contributed by atoms with Crippen molar-refractivity contribution in [1.82, 2.24) is 14.1 Å². The largest absolute Gasteiger partial charge is 0.371 e. The standard InChI is InChI=1S/C25H38N4O4S/c1-20(2)24(30)27-15-17-28(18-16-27)25(31)22-19-21(34(32,33)29-13-7-4-8-14-29)9-10-23(22)26-11-5-3-6-12-26/h9-10,19-20H,3-8,11-18H2,1-2H3. The first-order chi connectivity index (χ1) is 16.3. The van der Waals surface area contributed by atoms with Crippen LogP contribution in [0, 0.1) is 5.92 Å². The third kappa shape index (κ3) is 5.25. The highest BCUT2D eigenvalue weighted by molar-refractivity contribution is 7.89. The molecule has 3 fully saturated rings. The fourth-order valence-corrected chi connectivity index (χ4v) is 6.72. The lowest BCUT2D eigenvalue weighted by Gasteiger charge is -2.37. The van der Waals surface area contributed by atoms with Crippen LogP contribution >= 0.6 is 0 Å². The number of sulfonamides is 1. The summed E-state index contributed by atoms with van der Waals surface area (Å²) in [6, 6.07) is 5.10. The van der Waals surface area contributed by atoms with E-state index in [-0.39, 0.29) is 22.6 Å². The first-order valence-corrected chi connectivity index (χ1v) is 14.2. The van der Waals surface area contributed by atoms with Crippen LogP contribution in [0.25, 0.3) is 0 Å². The molecule has 0 N–H and O–H groups in total. The number of benzene rings is 1. The Kier molecular flexibility index (Phi) is 7.82. The summed E-state index contributed by atoms with van der Waals surface area (Å²) in [5, 5.41) is 0. The van der Waals surface area contributed by atoms with Gasteiger partial charge < -0.3 is 14.7 Å². The smallest absolute Gasteiger partial charge is 0.256 e. The van der Waals surface area contributed by atoms with Crippen LogP contribution in [0.4, 0.5) is 5.69 Å². The maximum Gasteiger partial charge on any atom is 0.256 e. The summed E-state index contributed by atoms with van der Waals surface area (Å²) in [6.07, 6.45) is 6.10. The van der Waals surface area contributed by atoms with Gasteiger partial charge in [0.05, 0.1) is 10.5 Å². The number of anilines is 1. The molecule has 0 atom stereocenters. The van der Waals surface area contributed by atoms with E-state index >= 15 is 0 Å². The summed E-state index contributed by atoms with van der Waals surface area (Å²) in [6.45, 7) is 8.51. The van der Waals surface area contributed by atoms with Crippen molar-refractivity contribution >= 4 is 27.5 Å². The van der Waals surface area contributed by atoms with E-state index in [1.165, 1.54) is 6.42 Å². The number of hydrogen-bond acceptors (Lipinski definition) is 5. The van der Waals surface area contributed by atoms with Crippen molar-refractivity contribution in [3.63, 3.8) is 0 Å². The minimum atomic E-state index is -3.63. The van der Waals surface area contributed by atoms with Crippen LogP contribution in [0.5, 0.6) is 0 Å². The van der Waals surface area contributed by atoms with Crippen LogP contribution in [0.3, 0.4) is 0 Å².